The lowest BCUT2D eigenvalue weighted by Crippen LogP contribution is -2.01. The molecule has 1 heterocycles. The molecule has 4 rings (SSSR count). The van der Waals surface area contributed by atoms with E-state index in [4.69, 9.17) is 14.2 Å². The summed E-state index contributed by atoms with van der Waals surface area (Å²) in [5.74, 6) is 2.99. The zero-order chi connectivity index (χ0) is 20.4. The van der Waals surface area contributed by atoms with Gasteiger partial charge in [0, 0.05) is 17.3 Å². The van der Waals surface area contributed by atoms with Gasteiger partial charge in [-0.3, -0.25) is 0 Å². The first-order valence-corrected chi connectivity index (χ1v) is 9.87. The van der Waals surface area contributed by atoms with Gasteiger partial charge in [0.2, 0.25) is 11.8 Å². The van der Waals surface area contributed by atoms with Crippen molar-refractivity contribution >= 4 is 33.6 Å². The third-order valence-corrected chi connectivity index (χ3v) is 5.17. The van der Waals surface area contributed by atoms with Gasteiger partial charge >= 0.3 is 0 Å². The van der Waals surface area contributed by atoms with Crippen LogP contribution < -0.4 is 19.5 Å². The van der Waals surface area contributed by atoms with E-state index in [9.17, 15) is 0 Å². The lowest BCUT2D eigenvalue weighted by Gasteiger charge is -2.14. The molecular weight excluding hydrogens is 434 g/mol. The fourth-order valence-electron chi connectivity index (χ4n) is 3.30. The average molecular weight is 454 g/mol. The van der Waals surface area contributed by atoms with Gasteiger partial charge in [-0.2, -0.15) is 4.98 Å². The van der Waals surface area contributed by atoms with Crippen LogP contribution in [0.5, 0.6) is 23.1 Å². The van der Waals surface area contributed by atoms with Crippen LogP contribution in [0.3, 0.4) is 0 Å². The topological polar surface area (TPSA) is 65.5 Å². The molecule has 148 valence electrons. The number of ether oxygens (including phenoxy) is 3. The number of fused-ring (bicyclic) bond motifs is 1. The van der Waals surface area contributed by atoms with Gasteiger partial charge in [-0.05, 0) is 52.5 Å². The van der Waals surface area contributed by atoms with E-state index in [-0.39, 0.29) is 0 Å². The number of allylic oxidation sites excluding steroid dienone is 1. The Morgan fingerprint density at radius 1 is 1.10 bits per heavy atom. The summed E-state index contributed by atoms with van der Waals surface area (Å²) in [7, 11) is 3.23. The summed E-state index contributed by atoms with van der Waals surface area (Å²) in [5.41, 5.74) is 4.06. The smallest absolute Gasteiger partial charge is 0.238 e. The Labute approximate surface area is 177 Å². The third-order valence-electron chi connectivity index (χ3n) is 4.63. The van der Waals surface area contributed by atoms with Crippen molar-refractivity contribution in [3.8, 4) is 23.1 Å². The van der Waals surface area contributed by atoms with Crippen LogP contribution in [0.25, 0.3) is 6.08 Å². The Morgan fingerprint density at radius 3 is 2.76 bits per heavy atom. The molecule has 6 nitrogen and oxygen atoms in total. The second-order valence-corrected chi connectivity index (χ2v) is 7.39. The second-order valence-electron chi connectivity index (χ2n) is 6.53. The fourth-order valence-corrected chi connectivity index (χ4v) is 3.57. The molecule has 1 aliphatic rings. The highest BCUT2D eigenvalue weighted by Crippen LogP contribution is 2.36. The summed E-state index contributed by atoms with van der Waals surface area (Å²) in [6.45, 7) is 1.95. The number of nitrogens with zero attached hydrogens (tertiary/aromatic N) is 2. The molecule has 0 fully saturated rings. The lowest BCUT2D eigenvalue weighted by atomic mass is 10.1. The van der Waals surface area contributed by atoms with E-state index in [2.05, 4.69) is 49.4 Å². The normalized spacial score (nSPS) is 11.9. The maximum atomic E-state index is 6.11. The molecule has 7 heteroatoms. The first kappa shape index (κ1) is 19.3. The summed E-state index contributed by atoms with van der Waals surface area (Å²) in [5, 5.41) is 3.21. The molecule has 1 aliphatic carbocycles. The van der Waals surface area contributed by atoms with E-state index >= 15 is 0 Å². The first-order chi connectivity index (χ1) is 14.1. The molecule has 0 radical (unpaired) electrons. The average Bonchev–Trinajstić information content (AvgIpc) is 3.20. The van der Waals surface area contributed by atoms with Crippen LogP contribution in [0.2, 0.25) is 0 Å². The van der Waals surface area contributed by atoms with Gasteiger partial charge in [-0.25, -0.2) is 4.98 Å². The number of aryl methyl sites for hydroxylation is 1. The Morgan fingerprint density at radius 2 is 1.97 bits per heavy atom. The number of rotatable bonds is 6. The summed E-state index contributed by atoms with van der Waals surface area (Å²) in [4.78, 5) is 8.87. The number of benzene rings is 2. The Kier molecular flexibility index (Phi) is 5.40. The monoisotopic (exact) mass is 453 g/mol. The fraction of sp³-hybridized carbons (Fsp3) is 0.182. The predicted octanol–water partition coefficient (Wildman–Crippen LogP) is 5.67. The molecule has 0 spiro atoms. The molecule has 0 saturated heterocycles. The number of methoxy groups -OCH3 is 2. The van der Waals surface area contributed by atoms with Crippen LogP contribution in [-0.2, 0) is 6.42 Å². The zero-order valence-electron chi connectivity index (χ0n) is 16.3. The molecular formula is C22H20BrN3O3. The van der Waals surface area contributed by atoms with Gasteiger partial charge in [0.05, 0.1) is 24.9 Å². The number of anilines is 2. The van der Waals surface area contributed by atoms with Gasteiger partial charge < -0.3 is 19.5 Å². The van der Waals surface area contributed by atoms with Gasteiger partial charge in [0.15, 0.2) is 11.5 Å². The van der Waals surface area contributed by atoms with Crippen LogP contribution in [-0.4, -0.2) is 24.2 Å². The lowest BCUT2D eigenvalue weighted by molar-refractivity contribution is 0.353. The van der Waals surface area contributed by atoms with Crippen molar-refractivity contribution < 1.29 is 14.2 Å². The number of nitrogens with one attached hydrogen (secondary N) is 1. The van der Waals surface area contributed by atoms with Crippen LogP contribution in [0.4, 0.5) is 11.6 Å². The van der Waals surface area contributed by atoms with Crippen molar-refractivity contribution in [2.75, 3.05) is 19.5 Å². The molecule has 0 saturated carbocycles. The Balaban J connectivity index is 1.61. The predicted molar refractivity (Wildman–Crippen MR) is 117 cm³/mol. The minimum Gasteiger partial charge on any atom is -0.493 e. The van der Waals surface area contributed by atoms with Crippen molar-refractivity contribution in [3.63, 3.8) is 0 Å². The molecule has 0 aliphatic heterocycles. The van der Waals surface area contributed by atoms with Gasteiger partial charge in [-0.15, -0.1) is 0 Å². The standard InChI is InChI=1S/C22H20BrN3O3/c1-13-10-15(11-19(27-2)20(13)28-3)25-22-24-12-17(23)21(26-22)29-18-9-5-7-14-6-4-8-16(14)18/h4-7,9-12H,8H2,1-3H3,(H,24,25,26). The molecule has 2 aromatic carbocycles. The Hall–Kier alpha value is -3.06. The van der Waals surface area contributed by atoms with E-state index in [0.717, 1.165) is 29.0 Å². The number of hydrogen-bond donors (Lipinski definition) is 1. The number of hydrogen-bond acceptors (Lipinski definition) is 6. The summed E-state index contributed by atoms with van der Waals surface area (Å²) in [6, 6.07) is 9.79. The van der Waals surface area contributed by atoms with E-state index in [1.807, 2.05) is 31.2 Å². The van der Waals surface area contributed by atoms with E-state index in [1.165, 1.54) is 5.56 Å². The minimum absolute atomic E-state index is 0.417. The Bertz CT molecular complexity index is 1100. The molecule has 0 amide bonds. The third kappa shape index (κ3) is 3.91. The highest BCUT2D eigenvalue weighted by Gasteiger charge is 2.15. The van der Waals surface area contributed by atoms with Gasteiger partial charge in [0.25, 0.3) is 0 Å². The van der Waals surface area contributed by atoms with E-state index < -0.39 is 0 Å². The largest absolute Gasteiger partial charge is 0.493 e. The van der Waals surface area contributed by atoms with Crippen LogP contribution in [0, 0.1) is 6.92 Å². The molecule has 0 unspecified atom stereocenters. The first-order valence-electron chi connectivity index (χ1n) is 9.07. The molecule has 29 heavy (non-hydrogen) atoms. The quantitative estimate of drug-likeness (QED) is 0.518. The van der Waals surface area contributed by atoms with E-state index in [0.29, 0.717) is 27.8 Å². The van der Waals surface area contributed by atoms with Crippen molar-refractivity contribution in [3.05, 3.63) is 63.8 Å². The van der Waals surface area contributed by atoms with Crippen molar-refractivity contribution in [1.82, 2.24) is 9.97 Å². The van der Waals surface area contributed by atoms with Crippen LogP contribution >= 0.6 is 15.9 Å². The summed E-state index contributed by atoms with van der Waals surface area (Å²) in [6.07, 6.45) is 6.74. The van der Waals surface area contributed by atoms with Crippen LogP contribution in [0.15, 0.2) is 47.1 Å². The second kappa shape index (κ2) is 8.13. The maximum Gasteiger partial charge on any atom is 0.238 e. The number of aromatic nitrogens is 2. The number of halogens is 1. The molecule has 1 N–H and O–H groups in total. The molecule has 1 aromatic heterocycles. The maximum absolute atomic E-state index is 6.11. The summed E-state index contributed by atoms with van der Waals surface area (Å²) >= 11 is 3.48. The summed E-state index contributed by atoms with van der Waals surface area (Å²) < 4.78 is 17.6. The highest BCUT2D eigenvalue weighted by molar-refractivity contribution is 9.10. The van der Waals surface area contributed by atoms with Gasteiger partial charge in [-0.1, -0.05) is 24.3 Å². The van der Waals surface area contributed by atoms with E-state index in [1.54, 1.807) is 20.4 Å². The minimum atomic E-state index is 0.417. The van der Waals surface area contributed by atoms with Crippen molar-refractivity contribution in [2.45, 2.75) is 13.3 Å². The zero-order valence-corrected chi connectivity index (χ0v) is 17.9. The van der Waals surface area contributed by atoms with Gasteiger partial charge in [0.1, 0.15) is 5.75 Å². The SMILES string of the molecule is COc1cc(Nc2ncc(Br)c(Oc3cccc4c3CC=C4)n2)cc(C)c1OC. The highest BCUT2D eigenvalue weighted by atomic mass is 79.9. The van der Waals surface area contributed by atoms with Crippen molar-refractivity contribution in [2.24, 2.45) is 0 Å². The molecule has 0 bridgehead atoms. The van der Waals surface area contributed by atoms with Crippen LogP contribution in [0.1, 0.15) is 16.7 Å². The van der Waals surface area contributed by atoms with Crippen molar-refractivity contribution in [1.29, 1.82) is 0 Å². The molecule has 0 atom stereocenters. The molecule has 3 aromatic rings.